The molecule has 0 spiro atoms. The summed E-state index contributed by atoms with van der Waals surface area (Å²) < 4.78 is 11.0. The van der Waals surface area contributed by atoms with Crippen molar-refractivity contribution in [1.29, 1.82) is 0 Å². The van der Waals surface area contributed by atoms with Crippen molar-refractivity contribution in [2.24, 2.45) is 5.92 Å². The summed E-state index contributed by atoms with van der Waals surface area (Å²) in [5.74, 6) is 1.83. The lowest BCUT2D eigenvalue weighted by Crippen LogP contribution is -2.43. The van der Waals surface area contributed by atoms with Gasteiger partial charge in [-0.05, 0) is 36.5 Å². The molecule has 1 fully saturated rings. The molecule has 1 aromatic carbocycles. The first-order valence-corrected chi connectivity index (χ1v) is 13.5. The van der Waals surface area contributed by atoms with E-state index in [4.69, 9.17) is 14.5 Å². The van der Waals surface area contributed by atoms with Crippen LogP contribution >= 0.6 is 11.3 Å². The summed E-state index contributed by atoms with van der Waals surface area (Å²) in [6.07, 6.45) is 5.27. The Kier molecular flexibility index (Phi) is 8.94. The van der Waals surface area contributed by atoms with Crippen LogP contribution in [0, 0.1) is 5.92 Å². The SMILES string of the molecule is COc1cccc(-c2csc3nc(CN(CC(O)COCC(C)C)C4CCCCC4)[nH]c(=O)c23)c1. The molecule has 8 heteroatoms. The molecule has 0 radical (unpaired) electrons. The Morgan fingerprint density at radius 1 is 1.23 bits per heavy atom. The molecule has 0 saturated heterocycles. The molecule has 2 N–H and O–H groups in total. The number of methoxy groups -OCH3 is 1. The number of benzene rings is 1. The number of nitrogens with zero attached hydrogens (tertiary/aromatic N) is 2. The second-order valence-electron chi connectivity index (χ2n) is 9.88. The number of aliphatic hydroxyl groups excluding tert-OH is 1. The summed E-state index contributed by atoms with van der Waals surface area (Å²) in [5.41, 5.74) is 1.67. The predicted molar refractivity (Wildman–Crippen MR) is 141 cm³/mol. The Labute approximate surface area is 211 Å². The number of fused-ring (bicyclic) bond motifs is 1. The van der Waals surface area contributed by atoms with Crippen LogP contribution in [0.4, 0.5) is 0 Å². The molecule has 0 amide bonds. The first-order valence-electron chi connectivity index (χ1n) is 12.6. The molecule has 0 bridgehead atoms. The van der Waals surface area contributed by atoms with Crippen LogP contribution in [0.5, 0.6) is 5.75 Å². The van der Waals surface area contributed by atoms with Gasteiger partial charge in [0.05, 0.1) is 31.8 Å². The van der Waals surface area contributed by atoms with Crippen LogP contribution in [-0.4, -0.2) is 59.0 Å². The van der Waals surface area contributed by atoms with E-state index in [-0.39, 0.29) is 5.56 Å². The molecule has 2 aromatic heterocycles. The smallest absolute Gasteiger partial charge is 0.260 e. The van der Waals surface area contributed by atoms with Gasteiger partial charge in [0.1, 0.15) is 16.4 Å². The van der Waals surface area contributed by atoms with Gasteiger partial charge in [0.15, 0.2) is 0 Å². The van der Waals surface area contributed by atoms with E-state index in [0.29, 0.717) is 49.5 Å². The van der Waals surface area contributed by atoms with Gasteiger partial charge in [-0.2, -0.15) is 0 Å². The van der Waals surface area contributed by atoms with Gasteiger partial charge in [-0.15, -0.1) is 11.3 Å². The van der Waals surface area contributed by atoms with Crippen molar-refractivity contribution in [3.63, 3.8) is 0 Å². The number of hydrogen-bond acceptors (Lipinski definition) is 7. The zero-order valence-electron chi connectivity index (χ0n) is 21.0. The van der Waals surface area contributed by atoms with Crippen LogP contribution in [0.15, 0.2) is 34.4 Å². The Morgan fingerprint density at radius 2 is 2.03 bits per heavy atom. The number of H-pyrrole nitrogens is 1. The Bertz CT molecular complexity index is 1150. The highest BCUT2D eigenvalue weighted by atomic mass is 32.1. The van der Waals surface area contributed by atoms with Crippen molar-refractivity contribution in [1.82, 2.24) is 14.9 Å². The molecule has 1 unspecified atom stereocenters. The van der Waals surface area contributed by atoms with Crippen molar-refractivity contribution < 1.29 is 14.6 Å². The maximum atomic E-state index is 13.2. The standard InChI is InChI=1S/C27H37N3O4S/c1-18(2)15-34-16-21(31)13-30(20-9-5-4-6-10-20)14-24-28-26(32)25-23(17-35-27(25)29-24)19-8-7-11-22(12-19)33-3/h7-8,11-12,17-18,20-21,31H,4-6,9-10,13-16H2,1-3H3,(H,28,29,32). The molecule has 190 valence electrons. The van der Waals surface area contributed by atoms with Crippen LogP contribution in [0.3, 0.4) is 0 Å². The number of nitrogens with one attached hydrogen (secondary N) is 1. The molecule has 1 saturated carbocycles. The molecule has 1 atom stereocenters. The van der Waals surface area contributed by atoms with Gasteiger partial charge in [0, 0.05) is 30.1 Å². The van der Waals surface area contributed by atoms with Crippen LogP contribution in [0.1, 0.15) is 51.8 Å². The monoisotopic (exact) mass is 499 g/mol. The van der Waals surface area contributed by atoms with Crippen LogP contribution in [0.2, 0.25) is 0 Å². The number of aliphatic hydroxyl groups is 1. The van der Waals surface area contributed by atoms with Crippen LogP contribution in [-0.2, 0) is 11.3 Å². The van der Waals surface area contributed by atoms with Gasteiger partial charge in [-0.25, -0.2) is 4.98 Å². The van der Waals surface area contributed by atoms with Gasteiger partial charge >= 0.3 is 0 Å². The fraction of sp³-hybridized carbons (Fsp3) is 0.556. The lowest BCUT2D eigenvalue weighted by atomic mass is 9.94. The number of rotatable bonds is 11. The third-order valence-electron chi connectivity index (χ3n) is 6.52. The lowest BCUT2D eigenvalue weighted by Gasteiger charge is -2.35. The van der Waals surface area contributed by atoms with Crippen molar-refractivity contribution in [3.05, 3.63) is 45.8 Å². The molecule has 1 aliphatic carbocycles. The Morgan fingerprint density at radius 3 is 2.77 bits per heavy atom. The fourth-order valence-electron chi connectivity index (χ4n) is 4.82. The van der Waals surface area contributed by atoms with E-state index in [1.165, 1.54) is 30.6 Å². The molecule has 3 aromatic rings. The summed E-state index contributed by atoms with van der Waals surface area (Å²) in [4.78, 5) is 24.1. The molecule has 1 aliphatic rings. The van der Waals surface area contributed by atoms with E-state index < -0.39 is 6.10 Å². The quantitative estimate of drug-likeness (QED) is 0.393. The fourth-order valence-corrected chi connectivity index (χ4v) is 5.78. The zero-order chi connectivity index (χ0) is 24.8. The van der Waals surface area contributed by atoms with Gasteiger partial charge in [-0.1, -0.05) is 45.2 Å². The molecule has 0 aliphatic heterocycles. The summed E-state index contributed by atoms with van der Waals surface area (Å²) in [5, 5.41) is 13.3. The summed E-state index contributed by atoms with van der Waals surface area (Å²) in [6, 6.07) is 8.10. The predicted octanol–water partition coefficient (Wildman–Crippen LogP) is 4.83. The number of thiophene rings is 1. The van der Waals surface area contributed by atoms with Crippen LogP contribution in [0.25, 0.3) is 21.3 Å². The van der Waals surface area contributed by atoms with Crippen molar-refractivity contribution in [2.75, 3.05) is 26.9 Å². The first-order chi connectivity index (χ1) is 16.9. The summed E-state index contributed by atoms with van der Waals surface area (Å²) in [7, 11) is 1.64. The first kappa shape index (κ1) is 25.8. The Hall–Kier alpha value is -2.26. The highest BCUT2D eigenvalue weighted by molar-refractivity contribution is 7.17. The minimum Gasteiger partial charge on any atom is -0.497 e. The van der Waals surface area contributed by atoms with Crippen LogP contribution < -0.4 is 10.3 Å². The number of aromatic nitrogens is 2. The lowest BCUT2D eigenvalue weighted by molar-refractivity contribution is -0.00502. The van der Waals surface area contributed by atoms with E-state index in [1.807, 2.05) is 29.6 Å². The van der Waals surface area contributed by atoms with E-state index in [0.717, 1.165) is 34.5 Å². The van der Waals surface area contributed by atoms with Gasteiger partial charge in [0.2, 0.25) is 0 Å². The maximum Gasteiger partial charge on any atom is 0.260 e. The second kappa shape index (κ2) is 12.1. The van der Waals surface area contributed by atoms with Crippen molar-refractivity contribution in [3.8, 4) is 16.9 Å². The van der Waals surface area contributed by atoms with Crippen molar-refractivity contribution >= 4 is 21.6 Å². The highest BCUT2D eigenvalue weighted by Gasteiger charge is 2.25. The molecular weight excluding hydrogens is 462 g/mol. The molecular formula is C27H37N3O4S. The Balaban J connectivity index is 1.55. The summed E-state index contributed by atoms with van der Waals surface area (Å²) >= 11 is 1.48. The third kappa shape index (κ3) is 6.70. The zero-order valence-corrected chi connectivity index (χ0v) is 21.8. The minimum atomic E-state index is -0.576. The highest BCUT2D eigenvalue weighted by Crippen LogP contribution is 2.32. The second-order valence-corrected chi connectivity index (χ2v) is 10.7. The topological polar surface area (TPSA) is 87.7 Å². The van der Waals surface area contributed by atoms with E-state index >= 15 is 0 Å². The van der Waals surface area contributed by atoms with E-state index in [1.54, 1.807) is 7.11 Å². The maximum absolute atomic E-state index is 13.2. The van der Waals surface area contributed by atoms with Gasteiger partial charge < -0.3 is 19.6 Å². The molecule has 2 heterocycles. The molecule has 7 nitrogen and oxygen atoms in total. The summed E-state index contributed by atoms with van der Waals surface area (Å²) in [6.45, 7) is 6.17. The third-order valence-corrected chi connectivity index (χ3v) is 7.40. The minimum absolute atomic E-state index is 0.131. The number of hydrogen-bond donors (Lipinski definition) is 2. The molecule has 35 heavy (non-hydrogen) atoms. The normalized spacial score (nSPS) is 15.8. The largest absolute Gasteiger partial charge is 0.497 e. The van der Waals surface area contributed by atoms with E-state index in [2.05, 4.69) is 23.7 Å². The van der Waals surface area contributed by atoms with Crippen molar-refractivity contribution in [2.45, 2.75) is 64.6 Å². The number of ether oxygens (including phenoxy) is 2. The van der Waals surface area contributed by atoms with Gasteiger partial charge in [-0.3, -0.25) is 9.69 Å². The van der Waals surface area contributed by atoms with Gasteiger partial charge in [0.25, 0.3) is 5.56 Å². The average molecular weight is 500 g/mol. The average Bonchev–Trinajstić information content (AvgIpc) is 3.29. The number of aromatic amines is 1. The molecule has 4 rings (SSSR count). The van der Waals surface area contributed by atoms with E-state index in [9.17, 15) is 9.90 Å².